The standard InChI is InChI=1S/C13H18N4O4/c1-7(2)10-5-8(17-21-10)6-14-12(19)9-3-4-11(18)16-13(20)15-9/h5,7,9H,3-4,6H2,1-2H3,(H,14,19)(H2,15,16,18,20). The van der Waals surface area contributed by atoms with Gasteiger partial charge in [-0.1, -0.05) is 19.0 Å². The van der Waals surface area contributed by atoms with Gasteiger partial charge in [0.1, 0.15) is 17.5 Å². The number of carbonyl (C=O) groups excluding carboxylic acids is 3. The molecule has 1 unspecified atom stereocenters. The molecule has 21 heavy (non-hydrogen) atoms. The number of nitrogens with one attached hydrogen (secondary N) is 3. The number of amides is 4. The highest BCUT2D eigenvalue weighted by Crippen LogP contribution is 2.14. The summed E-state index contributed by atoms with van der Waals surface area (Å²) < 4.78 is 5.13. The molecule has 8 heteroatoms. The first-order valence-corrected chi connectivity index (χ1v) is 6.79. The molecule has 0 bridgehead atoms. The number of carbonyl (C=O) groups is 3. The predicted octanol–water partition coefficient (Wildman–Crippen LogP) is 0.402. The van der Waals surface area contributed by atoms with Crippen LogP contribution in [-0.4, -0.2) is 29.0 Å². The molecular formula is C13H18N4O4. The zero-order chi connectivity index (χ0) is 15.4. The van der Waals surface area contributed by atoms with E-state index in [4.69, 9.17) is 4.52 Å². The van der Waals surface area contributed by atoms with E-state index in [1.807, 2.05) is 13.8 Å². The van der Waals surface area contributed by atoms with Crippen LogP contribution in [0.1, 0.15) is 44.1 Å². The second-order valence-corrected chi connectivity index (χ2v) is 5.21. The van der Waals surface area contributed by atoms with Crippen LogP contribution in [0.4, 0.5) is 4.79 Å². The minimum atomic E-state index is -0.729. The van der Waals surface area contributed by atoms with Crippen molar-refractivity contribution in [3.05, 3.63) is 17.5 Å². The summed E-state index contributed by atoms with van der Waals surface area (Å²) in [5.41, 5.74) is 0.612. The molecule has 2 heterocycles. The van der Waals surface area contributed by atoms with Crippen LogP contribution in [0.5, 0.6) is 0 Å². The number of aromatic nitrogens is 1. The maximum atomic E-state index is 12.0. The van der Waals surface area contributed by atoms with Gasteiger partial charge in [0.25, 0.3) is 0 Å². The van der Waals surface area contributed by atoms with Crippen LogP contribution < -0.4 is 16.0 Å². The molecule has 2 rings (SSSR count). The molecule has 1 fully saturated rings. The van der Waals surface area contributed by atoms with Crippen LogP contribution in [0.25, 0.3) is 0 Å². The van der Waals surface area contributed by atoms with E-state index in [0.29, 0.717) is 5.69 Å². The topological polar surface area (TPSA) is 113 Å². The van der Waals surface area contributed by atoms with Crippen LogP contribution in [0.2, 0.25) is 0 Å². The molecule has 0 radical (unpaired) electrons. The molecule has 0 aliphatic carbocycles. The monoisotopic (exact) mass is 294 g/mol. The highest BCUT2D eigenvalue weighted by molar-refractivity contribution is 5.98. The molecule has 1 aliphatic rings. The third kappa shape index (κ3) is 4.04. The van der Waals surface area contributed by atoms with Crippen LogP contribution in [0.3, 0.4) is 0 Å². The molecule has 8 nitrogen and oxygen atoms in total. The van der Waals surface area contributed by atoms with Crippen molar-refractivity contribution in [2.45, 2.75) is 45.2 Å². The maximum absolute atomic E-state index is 12.0. The average Bonchev–Trinajstić information content (AvgIpc) is 2.82. The first-order valence-electron chi connectivity index (χ1n) is 6.79. The normalized spacial score (nSPS) is 18.9. The Morgan fingerprint density at radius 3 is 2.95 bits per heavy atom. The van der Waals surface area contributed by atoms with Crippen LogP contribution in [0.15, 0.2) is 10.6 Å². The van der Waals surface area contributed by atoms with E-state index >= 15 is 0 Å². The molecule has 3 N–H and O–H groups in total. The van der Waals surface area contributed by atoms with E-state index in [2.05, 4.69) is 21.1 Å². The van der Waals surface area contributed by atoms with Gasteiger partial charge in [0.05, 0.1) is 6.54 Å². The van der Waals surface area contributed by atoms with Gasteiger partial charge in [-0.3, -0.25) is 14.9 Å². The number of nitrogens with zero attached hydrogens (tertiary/aromatic N) is 1. The van der Waals surface area contributed by atoms with Crippen LogP contribution in [0, 0.1) is 0 Å². The Morgan fingerprint density at radius 1 is 1.52 bits per heavy atom. The van der Waals surface area contributed by atoms with E-state index in [-0.39, 0.29) is 37.1 Å². The second kappa shape index (κ2) is 6.38. The number of hydrogen-bond acceptors (Lipinski definition) is 5. The molecule has 1 saturated heterocycles. The SMILES string of the molecule is CC(C)c1cc(CNC(=O)C2CCC(=O)NC(=O)N2)no1. The Morgan fingerprint density at radius 2 is 2.29 bits per heavy atom. The lowest BCUT2D eigenvalue weighted by atomic mass is 10.1. The molecular weight excluding hydrogens is 276 g/mol. The minimum absolute atomic E-state index is 0.123. The fourth-order valence-electron chi connectivity index (χ4n) is 1.91. The Balaban J connectivity index is 1.88. The first kappa shape index (κ1) is 15.0. The molecule has 1 aromatic rings. The van der Waals surface area contributed by atoms with Crippen LogP contribution >= 0.6 is 0 Å². The van der Waals surface area contributed by atoms with E-state index in [0.717, 1.165) is 5.76 Å². The van der Waals surface area contributed by atoms with E-state index in [1.165, 1.54) is 0 Å². The Kier molecular flexibility index (Phi) is 4.56. The molecule has 0 aromatic carbocycles. The summed E-state index contributed by atoms with van der Waals surface area (Å²) in [6, 6.07) is 0.399. The number of urea groups is 1. The van der Waals surface area contributed by atoms with E-state index in [9.17, 15) is 14.4 Å². The number of rotatable bonds is 4. The van der Waals surface area contributed by atoms with Gasteiger partial charge in [-0.2, -0.15) is 0 Å². The van der Waals surface area contributed by atoms with Gasteiger partial charge >= 0.3 is 6.03 Å². The van der Waals surface area contributed by atoms with Gasteiger partial charge in [0.2, 0.25) is 11.8 Å². The summed E-state index contributed by atoms with van der Waals surface area (Å²) in [6.07, 6.45) is 0.387. The largest absolute Gasteiger partial charge is 0.361 e. The van der Waals surface area contributed by atoms with Gasteiger partial charge in [-0.05, 0) is 6.42 Å². The molecule has 0 spiro atoms. The molecule has 4 amide bonds. The van der Waals surface area contributed by atoms with Crippen molar-refractivity contribution in [2.24, 2.45) is 0 Å². The summed E-state index contributed by atoms with van der Waals surface area (Å²) in [5.74, 6) is 0.229. The molecule has 1 atom stereocenters. The summed E-state index contributed by atoms with van der Waals surface area (Å²) in [4.78, 5) is 34.5. The Hall–Kier alpha value is -2.38. The van der Waals surface area contributed by atoms with Gasteiger partial charge in [-0.15, -0.1) is 0 Å². The molecule has 0 saturated carbocycles. The van der Waals surface area contributed by atoms with Crippen molar-refractivity contribution in [1.82, 2.24) is 21.1 Å². The Labute approximate surface area is 121 Å². The average molecular weight is 294 g/mol. The van der Waals surface area contributed by atoms with Gasteiger partial charge in [0, 0.05) is 18.4 Å². The molecule has 114 valence electrons. The van der Waals surface area contributed by atoms with Gasteiger partial charge < -0.3 is 15.2 Å². The molecule has 1 aromatic heterocycles. The van der Waals surface area contributed by atoms with Crippen molar-refractivity contribution in [1.29, 1.82) is 0 Å². The number of hydrogen-bond donors (Lipinski definition) is 3. The summed E-state index contributed by atoms with van der Waals surface area (Å²) in [5, 5.41) is 11.1. The highest BCUT2D eigenvalue weighted by atomic mass is 16.5. The third-order valence-corrected chi connectivity index (χ3v) is 3.12. The zero-order valence-corrected chi connectivity index (χ0v) is 11.9. The smallest absolute Gasteiger partial charge is 0.322 e. The predicted molar refractivity (Wildman–Crippen MR) is 72.1 cm³/mol. The van der Waals surface area contributed by atoms with Crippen molar-refractivity contribution >= 4 is 17.8 Å². The second-order valence-electron chi connectivity index (χ2n) is 5.21. The minimum Gasteiger partial charge on any atom is -0.361 e. The zero-order valence-electron chi connectivity index (χ0n) is 11.9. The first-order chi connectivity index (χ1) is 9.95. The summed E-state index contributed by atoms with van der Waals surface area (Å²) >= 11 is 0. The highest BCUT2D eigenvalue weighted by Gasteiger charge is 2.26. The molecule has 1 aliphatic heterocycles. The van der Waals surface area contributed by atoms with Gasteiger partial charge in [0.15, 0.2) is 0 Å². The fourth-order valence-corrected chi connectivity index (χ4v) is 1.91. The summed E-state index contributed by atoms with van der Waals surface area (Å²) in [6.45, 7) is 4.17. The summed E-state index contributed by atoms with van der Waals surface area (Å²) in [7, 11) is 0. The fraction of sp³-hybridized carbons (Fsp3) is 0.538. The van der Waals surface area contributed by atoms with Crippen molar-refractivity contribution in [3.63, 3.8) is 0 Å². The quantitative estimate of drug-likeness (QED) is 0.744. The van der Waals surface area contributed by atoms with Crippen molar-refractivity contribution in [3.8, 4) is 0 Å². The number of imide groups is 1. The van der Waals surface area contributed by atoms with Crippen molar-refractivity contribution in [2.75, 3.05) is 0 Å². The van der Waals surface area contributed by atoms with Gasteiger partial charge in [-0.25, -0.2) is 4.79 Å². The Bertz CT molecular complexity index is 552. The maximum Gasteiger partial charge on any atom is 0.322 e. The van der Waals surface area contributed by atoms with E-state index in [1.54, 1.807) is 6.07 Å². The van der Waals surface area contributed by atoms with Crippen LogP contribution in [-0.2, 0) is 16.1 Å². The third-order valence-electron chi connectivity index (χ3n) is 3.12. The van der Waals surface area contributed by atoms with E-state index < -0.39 is 12.1 Å². The van der Waals surface area contributed by atoms with Crippen molar-refractivity contribution < 1.29 is 18.9 Å². The lowest BCUT2D eigenvalue weighted by Gasteiger charge is -2.13. The lowest BCUT2D eigenvalue weighted by Crippen LogP contribution is -2.48. The lowest BCUT2D eigenvalue weighted by molar-refractivity contribution is -0.123.